The van der Waals surface area contributed by atoms with Crippen LogP contribution in [0.15, 0.2) is 4.60 Å². The van der Waals surface area contributed by atoms with Crippen molar-refractivity contribution < 1.29 is 0 Å². The van der Waals surface area contributed by atoms with Gasteiger partial charge in [0, 0.05) is 0 Å². The van der Waals surface area contributed by atoms with Crippen molar-refractivity contribution in [3.63, 3.8) is 0 Å². The molecule has 2 aromatic rings. The molecule has 5 heteroatoms. The van der Waals surface area contributed by atoms with Crippen molar-refractivity contribution in [1.29, 1.82) is 0 Å². The van der Waals surface area contributed by atoms with Crippen LogP contribution in [0.5, 0.6) is 0 Å². The third kappa shape index (κ3) is 2.08. The van der Waals surface area contributed by atoms with Crippen LogP contribution in [-0.2, 0) is 0 Å². The fourth-order valence-corrected chi connectivity index (χ4v) is 2.30. The predicted octanol–water partition coefficient (Wildman–Crippen LogP) is 3.57. The van der Waals surface area contributed by atoms with Crippen LogP contribution in [0.4, 0.5) is 0 Å². The molecule has 2 aromatic heterocycles. The van der Waals surface area contributed by atoms with E-state index < -0.39 is 0 Å². The van der Waals surface area contributed by atoms with Gasteiger partial charge in [0.2, 0.25) is 0 Å². The monoisotopic (exact) mass is 296 g/mol. The van der Waals surface area contributed by atoms with Gasteiger partial charge in [-0.25, -0.2) is 14.6 Å². The number of rotatable bonds is 3. The maximum absolute atomic E-state index is 4.60. The van der Waals surface area contributed by atoms with Gasteiger partial charge in [-0.1, -0.05) is 13.8 Å². The lowest BCUT2D eigenvalue weighted by molar-refractivity contribution is 0.436. The molecule has 0 aliphatic carbocycles. The molecule has 0 atom stereocenters. The van der Waals surface area contributed by atoms with E-state index in [1.165, 1.54) is 0 Å². The zero-order chi connectivity index (χ0) is 12.6. The average Bonchev–Trinajstić information content (AvgIpc) is 2.60. The van der Waals surface area contributed by atoms with Crippen LogP contribution < -0.4 is 0 Å². The molecule has 0 bridgehead atoms. The van der Waals surface area contributed by atoms with E-state index in [0.29, 0.717) is 6.04 Å². The Morgan fingerprint density at radius 1 is 1.12 bits per heavy atom. The molecule has 92 valence electrons. The van der Waals surface area contributed by atoms with E-state index in [2.05, 4.69) is 44.8 Å². The summed E-state index contributed by atoms with van der Waals surface area (Å²) in [6.45, 7) is 8.29. The number of hydrogen-bond acceptors (Lipinski definition) is 3. The summed E-state index contributed by atoms with van der Waals surface area (Å²) in [5, 5.41) is 4.58. The first-order valence-corrected chi connectivity index (χ1v) is 6.76. The Balaban J connectivity index is 2.69. The van der Waals surface area contributed by atoms with Gasteiger partial charge >= 0.3 is 0 Å². The number of hydrogen-bond donors (Lipinski definition) is 0. The maximum atomic E-state index is 4.60. The summed E-state index contributed by atoms with van der Waals surface area (Å²) in [4.78, 5) is 9.12. The van der Waals surface area contributed by atoms with Crippen LogP contribution in [0.25, 0.3) is 11.2 Å². The van der Waals surface area contributed by atoms with Crippen molar-refractivity contribution in [3.05, 3.63) is 16.0 Å². The van der Waals surface area contributed by atoms with Crippen molar-refractivity contribution >= 4 is 27.1 Å². The standard InChI is InChI=1S/C12H17BrN4/c1-5-9(6-2)17-12-10(7(3)16-17)15-11(13)8(4)14-12/h9H,5-6H2,1-4H3. The molecule has 0 unspecified atom stereocenters. The summed E-state index contributed by atoms with van der Waals surface area (Å²) >= 11 is 3.42. The van der Waals surface area contributed by atoms with Crippen LogP contribution in [0, 0.1) is 13.8 Å². The molecule has 2 rings (SSSR count). The molecular formula is C12H17BrN4. The minimum Gasteiger partial charge on any atom is -0.243 e. The highest BCUT2D eigenvalue weighted by Gasteiger charge is 2.17. The van der Waals surface area contributed by atoms with E-state index in [9.17, 15) is 0 Å². The van der Waals surface area contributed by atoms with Crippen molar-refractivity contribution in [2.24, 2.45) is 0 Å². The number of nitrogens with zero attached hydrogens (tertiary/aromatic N) is 4. The topological polar surface area (TPSA) is 43.6 Å². The molecule has 0 aliphatic heterocycles. The summed E-state index contributed by atoms with van der Waals surface area (Å²) in [6, 6.07) is 0.404. The highest BCUT2D eigenvalue weighted by Crippen LogP contribution is 2.24. The van der Waals surface area contributed by atoms with Gasteiger partial charge in [0.25, 0.3) is 0 Å². The Morgan fingerprint density at radius 2 is 1.76 bits per heavy atom. The molecule has 0 N–H and O–H groups in total. The predicted molar refractivity (Wildman–Crippen MR) is 72.1 cm³/mol. The molecule has 0 amide bonds. The van der Waals surface area contributed by atoms with Gasteiger partial charge in [-0.15, -0.1) is 0 Å². The van der Waals surface area contributed by atoms with E-state index in [0.717, 1.165) is 40.0 Å². The Hall–Kier alpha value is -0.970. The van der Waals surface area contributed by atoms with Crippen molar-refractivity contribution in [3.8, 4) is 0 Å². The van der Waals surface area contributed by atoms with Crippen molar-refractivity contribution in [2.75, 3.05) is 0 Å². The summed E-state index contributed by atoms with van der Waals surface area (Å²) in [7, 11) is 0. The smallest absolute Gasteiger partial charge is 0.177 e. The average molecular weight is 297 g/mol. The van der Waals surface area contributed by atoms with Crippen LogP contribution >= 0.6 is 15.9 Å². The molecule has 0 saturated carbocycles. The number of aromatic nitrogens is 4. The number of fused-ring (bicyclic) bond motifs is 1. The molecule has 17 heavy (non-hydrogen) atoms. The summed E-state index contributed by atoms with van der Waals surface area (Å²) in [5.41, 5.74) is 3.65. The quantitative estimate of drug-likeness (QED) is 0.870. The second kappa shape index (κ2) is 4.72. The Morgan fingerprint density at radius 3 is 2.35 bits per heavy atom. The van der Waals surface area contributed by atoms with Gasteiger partial charge in [0.15, 0.2) is 5.65 Å². The third-order valence-corrected chi connectivity index (χ3v) is 3.85. The maximum Gasteiger partial charge on any atom is 0.177 e. The van der Waals surface area contributed by atoms with E-state index in [-0.39, 0.29) is 0 Å². The van der Waals surface area contributed by atoms with Gasteiger partial charge in [-0.2, -0.15) is 5.10 Å². The fraction of sp³-hybridized carbons (Fsp3) is 0.583. The van der Waals surface area contributed by atoms with Gasteiger partial charge < -0.3 is 0 Å². The molecule has 0 aliphatic rings. The molecule has 0 fully saturated rings. The van der Waals surface area contributed by atoms with Crippen LogP contribution in [0.3, 0.4) is 0 Å². The highest BCUT2D eigenvalue weighted by molar-refractivity contribution is 9.10. The molecule has 0 aromatic carbocycles. The van der Waals surface area contributed by atoms with Crippen molar-refractivity contribution in [1.82, 2.24) is 19.7 Å². The molecular weight excluding hydrogens is 280 g/mol. The van der Waals surface area contributed by atoms with E-state index in [4.69, 9.17) is 0 Å². The third-order valence-electron chi connectivity index (χ3n) is 3.10. The van der Waals surface area contributed by atoms with Crippen molar-refractivity contribution in [2.45, 2.75) is 46.6 Å². The zero-order valence-corrected chi connectivity index (χ0v) is 12.2. The van der Waals surface area contributed by atoms with Gasteiger partial charge in [-0.05, 0) is 42.6 Å². The summed E-state index contributed by atoms with van der Waals surface area (Å²) < 4.78 is 2.83. The minimum absolute atomic E-state index is 0.404. The van der Waals surface area contributed by atoms with E-state index in [1.54, 1.807) is 0 Å². The highest BCUT2D eigenvalue weighted by atomic mass is 79.9. The molecule has 0 saturated heterocycles. The first kappa shape index (κ1) is 12.5. The summed E-state index contributed by atoms with van der Waals surface area (Å²) in [6.07, 6.45) is 2.12. The largest absolute Gasteiger partial charge is 0.243 e. The first-order valence-electron chi connectivity index (χ1n) is 5.97. The van der Waals surface area contributed by atoms with E-state index in [1.807, 2.05) is 18.5 Å². The first-order chi connectivity index (χ1) is 8.08. The lowest BCUT2D eigenvalue weighted by Gasteiger charge is -2.13. The van der Waals surface area contributed by atoms with Gasteiger partial charge in [-0.3, -0.25) is 0 Å². The molecule has 4 nitrogen and oxygen atoms in total. The minimum atomic E-state index is 0.404. The zero-order valence-electron chi connectivity index (χ0n) is 10.7. The number of halogens is 1. The fourth-order valence-electron chi connectivity index (χ4n) is 2.03. The van der Waals surface area contributed by atoms with E-state index >= 15 is 0 Å². The van der Waals surface area contributed by atoms with Crippen LogP contribution in [-0.4, -0.2) is 19.7 Å². The Kier molecular flexibility index (Phi) is 3.47. The van der Waals surface area contributed by atoms with Crippen LogP contribution in [0.1, 0.15) is 44.1 Å². The molecule has 0 radical (unpaired) electrons. The second-order valence-electron chi connectivity index (χ2n) is 4.27. The Bertz CT molecular complexity index is 543. The van der Waals surface area contributed by atoms with Crippen LogP contribution in [0.2, 0.25) is 0 Å². The molecule has 0 spiro atoms. The normalized spacial score (nSPS) is 11.6. The molecule has 2 heterocycles. The second-order valence-corrected chi connectivity index (χ2v) is 5.02. The lowest BCUT2D eigenvalue weighted by atomic mass is 10.2. The van der Waals surface area contributed by atoms with Gasteiger partial charge in [0.05, 0.1) is 17.4 Å². The van der Waals surface area contributed by atoms with Gasteiger partial charge in [0.1, 0.15) is 10.1 Å². The summed E-state index contributed by atoms with van der Waals surface area (Å²) in [5.74, 6) is 0. The SMILES string of the molecule is CCC(CC)n1nc(C)c2nc(Br)c(C)nc21. The lowest BCUT2D eigenvalue weighted by Crippen LogP contribution is -2.09. The Labute approximate surface area is 110 Å². The number of aryl methyl sites for hydroxylation is 2.